The van der Waals surface area contributed by atoms with E-state index in [2.05, 4.69) is 24.3 Å². The van der Waals surface area contributed by atoms with Gasteiger partial charge in [0.2, 0.25) is 0 Å². The van der Waals surface area contributed by atoms with Gasteiger partial charge in [-0.15, -0.1) is 0 Å². The predicted octanol–water partition coefficient (Wildman–Crippen LogP) is 1.48. The molecule has 0 saturated carbocycles. The van der Waals surface area contributed by atoms with E-state index in [4.69, 9.17) is 5.11 Å². The van der Waals surface area contributed by atoms with E-state index >= 15 is 0 Å². The third-order valence-electron chi connectivity index (χ3n) is 1.97. The molecule has 0 radical (unpaired) electrons. The van der Waals surface area contributed by atoms with Gasteiger partial charge in [-0.25, -0.2) is 0 Å². The highest BCUT2D eigenvalue weighted by Gasteiger charge is 1.90. The third kappa shape index (κ3) is 6.08. The van der Waals surface area contributed by atoms with Crippen LogP contribution in [-0.4, -0.2) is 34.8 Å². The van der Waals surface area contributed by atoms with Crippen LogP contribution in [0.3, 0.4) is 0 Å². The van der Waals surface area contributed by atoms with Crippen LogP contribution in [0.15, 0.2) is 30.3 Å². The molecule has 1 aromatic carbocycles. The van der Waals surface area contributed by atoms with Crippen LogP contribution in [0.25, 0.3) is 0 Å². The molecule has 1 aromatic rings. The van der Waals surface area contributed by atoms with Crippen LogP contribution in [0.1, 0.15) is 24.8 Å². The van der Waals surface area contributed by atoms with Gasteiger partial charge >= 0.3 is 23.1 Å². The molecule has 0 amide bonds. The van der Waals surface area contributed by atoms with Crippen LogP contribution in [0, 0.1) is 0 Å². The Bertz CT molecular complexity index is 199. The van der Waals surface area contributed by atoms with Crippen LogP contribution in [-0.2, 0) is 6.42 Å². The molecular formula is C11H18MgO. The first kappa shape index (κ1) is 12.9. The summed E-state index contributed by atoms with van der Waals surface area (Å²) in [6.45, 7) is 0.328. The highest BCUT2D eigenvalue weighted by atomic mass is 24.3. The van der Waals surface area contributed by atoms with E-state index in [9.17, 15) is 0 Å². The predicted molar refractivity (Wildman–Crippen MR) is 59.6 cm³/mol. The Hall–Kier alpha value is -0.0538. The molecule has 0 unspecified atom stereocenters. The first-order valence-electron chi connectivity index (χ1n) is 4.58. The number of hydrogen-bond acceptors (Lipinski definition) is 1. The van der Waals surface area contributed by atoms with Gasteiger partial charge in [-0.05, 0) is 24.8 Å². The molecule has 70 valence electrons. The minimum Gasteiger partial charge on any atom is -0.396 e. The molecule has 0 saturated heterocycles. The Labute approximate surface area is 96.3 Å². The smallest absolute Gasteiger partial charge is 0.316 e. The minimum absolute atomic E-state index is 0. The van der Waals surface area contributed by atoms with Gasteiger partial charge < -0.3 is 5.11 Å². The van der Waals surface area contributed by atoms with E-state index in [1.165, 1.54) is 12.0 Å². The quantitative estimate of drug-likeness (QED) is 0.551. The standard InChI is InChI=1S/C11H16O.Mg.2H/c12-10-6-2-5-9-11-7-3-1-4-8-11;;;/h1,3-4,7-8,12H,2,5-6,9-10H2;;;. The Kier molecular flexibility index (Phi) is 8.50. The van der Waals surface area contributed by atoms with Crippen LogP contribution in [0.5, 0.6) is 0 Å². The Morgan fingerprint density at radius 2 is 1.62 bits per heavy atom. The number of aryl methyl sites for hydroxylation is 1. The van der Waals surface area contributed by atoms with Gasteiger partial charge in [-0.1, -0.05) is 36.8 Å². The molecule has 0 aliphatic rings. The number of rotatable bonds is 5. The fourth-order valence-corrected chi connectivity index (χ4v) is 1.26. The molecule has 0 spiro atoms. The first-order valence-corrected chi connectivity index (χ1v) is 4.58. The van der Waals surface area contributed by atoms with E-state index in [0.29, 0.717) is 6.61 Å². The molecule has 0 atom stereocenters. The maximum Gasteiger partial charge on any atom is 0.316 e. The van der Waals surface area contributed by atoms with Crippen molar-refractivity contribution in [1.29, 1.82) is 0 Å². The van der Waals surface area contributed by atoms with E-state index in [-0.39, 0.29) is 23.1 Å². The van der Waals surface area contributed by atoms with Crippen molar-refractivity contribution >= 4 is 23.1 Å². The van der Waals surface area contributed by atoms with Crippen molar-refractivity contribution < 1.29 is 5.11 Å². The summed E-state index contributed by atoms with van der Waals surface area (Å²) < 4.78 is 0. The summed E-state index contributed by atoms with van der Waals surface area (Å²) in [4.78, 5) is 0. The number of unbranched alkanes of at least 4 members (excludes halogenated alkanes) is 2. The molecule has 0 fully saturated rings. The largest absolute Gasteiger partial charge is 0.396 e. The van der Waals surface area contributed by atoms with Crippen LogP contribution < -0.4 is 0 Å². The molecule has 1 rings (SSSR count). The van der Waals surface area contributed by atoms with Crippen molar-refractivity contribution in [2.75, 3.05) is 6.61 Å². The average molecular weight is 191 g/mol. The second kappa shape index (κ2) is 8.54. The van der Waals surface area contributed by atoms with E-state index < -0.39 is 0 Å². The maximum absolute atomic E-state index is 8.56. The second-order valence-electron chi connectivity index (χ2n) is 3.02. The summed E-state index contributed by atoms with van der Waals surface area (Å²) >= 11 is 0. The highest BCUT2D eigenvalue weighted by molar-refractivity contribution is 5.75. The number of hydrogen-bond donors (Lipinski definition) is 1. The normalized spacial score (nSPS) is 9.31. The van der Waals surface area contributed by atoms with Gasteiger partial charge in [-0.2, -0.15) is 0 Å². The van der Waals surface area contributed by atoms with Crippen molar-refractivity contribution in [3.8, 4) is 0 Å². The van der Waals surface area contributed by atoms with Crippen LogP contribution >= 0.6 is 0 Å². The Morgan fingerprint density at radius 3 is 2.23 bits per heavy atom. The molecule has 0 aliphatic carbocycles. The zero-order chi connectivity index (χ0) is 8.65. The van der Waals surface area contributed by atoms with Crippen molar-refractivity contribution in [3.05, 3.63) is 35.9 Å². The monoisotopic (exact) mass is 190 g/mol. The van der Waals surface area contributed by atoms with Gasteiger partial charge in [0.25, 0.3) is 0 Å². The summed E-state index contributed by atoms with van der Waals surface area (Å²) in [6.07, 6.45) is 4.39. The van der Waals surface area contributed by atoms with Crippen LogP contribution in [0.2, 0.25) is 0 Å². The van der Waals surface area contributed by atoms with Gasteiger partial charge in [0.05, 0.1) is 0 Å². The van der Waals surface area contributed by atoms with E-state index in [1.807, 2.05) is 6.07 Å². The minimum atomic E-state index is 0. The molecule has 2 heteroatoms. The molecule has 1 N–H and O–H groups in total. The first-order chi connectivity index (χ1) is 5.93. The summed E-state index contributed by atoms with van der Waals surface area (Å²) in [6, 6.07) is 10.5. The van der Waals surface area contributed by atoms with E-state index in [0.717, 1.165) is 19.3 Å². The summed E-state index contributed by atoms with van der Waals surface area (Å²) in [7, 11) is 0. The van der Waals surface area contributed by atoms with Gasteiger partial charge in [0.1, 0.15) is 0 Å². The maximum atomic E-state index is 8.56. The molecule has 13 heavy (non-hydrogen) atoms. The molecule has 0 heterocycles. The zero-order valence-corrected chi connectivity index (χ0v) is 7.37. The second-order valence-corrected chi connectivity index (χ2v) is 3.02. The number of aliphatic hydroxyl groups excluding tert-OH is 1. The average Bonchev–Trinajstić information content (AvgIpc) is 2.14. The summed E-state index contributed by atoms with van der Waals surface area (Å²) in [5.41, 5.74) is 1.40. The van der Waals surface area contributed by atoms with Gasteiger partial charge in [0.15, 0.2) is 0 Å². The SMILES string of the molecule is OCCCCCc1ccccc1.[MgH2]. The fraction of sp³-hybridized carbons (Fsp3) is 0.455. The molecule has 0 bridgehead atoms. The third-order valence-corrected chi connectivity index (χ3v) is 1.97. The summed E-state index contributed by atoms with van der Waals surface area (Å²) in [5, 5.41) is 8.56. The fourth-order valence-electron chi connectivity index (χ4n) is 1.26. The van der Waals surface area contributed by atoms with Gasteiger partial charge in [-0.3, -0.25) is 0 Å². The lowest BCUT2D eigenvalue weighted by Crippen LogP contribution is -1.87. The topological polar surface area (TPSA) is 20.2 Å². The van der Waals surface area contributed by atoms with Crippen molar-refractivity contribution in [2.45, 2.75) is 25.7 Å². The Balaban J connectivity index is 0.00000144. The van der Waals surface area contributed by atoms with Crippen molar-refractivity contribution in [3.63, 3.8) is 0 Å². The highest BCUT2D eigenvalue weighted by Crippen LogP contribution is 2.05. The molecule has 0 aliphatic heterocycles. The lowest BCUT2D eigenvalue weighted by molar-refractivity contribution is 0.283. The van der Waals surface area contributed by atoms with Crippen LogP contribution in [0.4, 0.5) is 0 Å². The summed E-state index contributed by atoms with van der Waals surface area (Å²) in [5.74, 6) is 0. The van der Waals surface area contributed by atoms with Crippen molar-refractivity contribution in [1.82, 2.24) is 0 Å². The van der Waals surface area contributed by atoms with Crippen molar-refractivity contribution in [2.24, 2.45) is 0 Å². The molecule has 1 nitrogen and oxygen atoms in total. The van der Waals surface area contributed by atoms with Gasteiger partial charge in [0, 0.05) is 6.61 Å². The lowest BCUT2D eigenvalue weighted by Gasteiger charge is -1.99. The van der Waals surface area contributed by atoms with E-state index in [1.54, 1.807) is 0 Å². The lowest BCUT2D eigenvalue weighted by atomic mass is 10.1. The zero-order valence-electron chi connectivity index (χ0n) is 7.37. The number of benzene rings is 1. The number of aliphatic hydroxyl groups is 1. The molecular weight excluding hydrogens is 172 g/mol. The Morgan fingerprint density at radius 1 is 0.923 bits per heavy atom. The molecule has 0 aromatic heterocycles.